The van der Waals surface area contributed by atoms with Crippen molar-refractivity contribution in [2.45, 2.75) is 0 Å². The lowest BCUT2D eigenvalue weighted by molar-refractivity contribution is -0.394. The maximum absolute atomic E-state index is 10.5. The summed E-state index contributed by atoms with van der Waals surface area (Å²) in [6, 6.07) is 1.35. The lowest BCUT2D eigenvalue weighted by atomic mass is 10.1. The third-order valence-corrected chi connectivity index (χ3v) is 1.63. The molecule has 0 fully saturated rings. The maximum atomic E-state index is 10.5. The van der Waals surface area contributed by atoms with Gasteiger partial charge in [0.15, 0.2) is 11.8 Å². The summed E-state index contributed by atoms with van der Waals surface area (Å²) in [4.78, 5) is 29.4. The van der Waals surface area contributed by atoms with E-state index < -0.39 is 32.5 Å². The van der Waals surface area contributed by atoms with Gasteiger partial charge < -0.3 is 5.11 Å². The van der Waals surface area contributed by atoms with Gasteiger partial charge in [0.25, 0.3) is 11.4 Å². The molecule has 1 aromatic carbocycles. The summed E-state index contributed by atoms with van der Waals surface area (Å²) >= 11 is 0. The lowest BCUT2D eigenvalue weighted by Gasteiger charge is -1.98. The molecule has 0 aliphatic rings. The topological polar surface area (TPSA) is 124 Å². The molecule has 0 saturated carbocycles. The summed E-state index contributed by atoms with van der Waals surface area (Å²) in [6.45, 7) is 0. The van der Waals surface area contributed by atoms with Gasteiger partial charge in [0.1, 0.15) is 5.75 Å². The van der Waals surface area contributed by atoms with Crippen molar-refractivity contribution in [3.05, 3.63) is 37.9 Å². The van der Waals surface area contributed by atoms with Crippen LogP contribution in [-0.2, 0) is 0 Å². The molecule has 0 radical (unpaired) electrons. The fraction of sp³-hybridized carbons (Fsp3) is 0. The highest BCUT2D eigenvalue weighted by atomic mass is 16.6. The van der Waals surface area contributed by atoms with Crippen molar-refractivity contribution in [1.82, 2.24) is 0 Å². The zero-order valence-electron chi connectivity index (χ0n) is 7.11. The molecule has 15 heavy (non-hydrogen) atoms. The molecule has 78 valence electrons. The van der Waals surface area contributed by atoms with Crippen LogP contribution in [0.15, 0.2) is 12.1 Å². The molecule has 0 saturated heterocycles. The molecule has 1 N–H and O–H groups in total. The minimum Gasteiger partial charge on any atom is -0.507 e. The molecule has 8 nitrogen and oxygen atoms in total. The van der Waals surface area contributed by atoms with Gasteiger partial charge >= 0.3 is 0 Å². The third-order valence-electron chi connectivity index (χ3n) is 1.63. The van der Waals surface area contributed by atoms with Crippen LogP contribution in [0, 0.1) is 20.2 Å². The highest BCUT2D eigenvalue weighted by Gasteiger charge is 2.26. The zero-order valence-corrected chi connectivity index (χ0v) is 7.11. The molecule has 1 rings (SSSR count). The molecule has 1 aromatic rings. The molecule has 0 amide bonds. The number of nitro benzene ring substituents is 2. The highest BCUT2D eigenvalue weighted by molar-refractivity contribution is 5.88. The Bertz CT molecular complexity index is 420. The summed E-state index contributed by atoms with van der Waals surface area (Å²) in [7, 11) is 0. The minimum atomic E-state index is -0.976. The van der Waals surface area contributed by atoms with E-state index in [2.05, 4.69) is 0 Å². The van der Waals surface area contributed by atoms with Gasteiger partial charge in [-0.05, 0) is 0 Å². The van der Waals surface area contributed by atoms with Gasteiger partial charge in [0.05, 0.1) is 22.0 Å². The number of nitro groups is 2. The van der Waals surface area contributed by atoms with Crippen molar-refractivity contribution in [2.24, 2.45) is 0 Å². The van der Waals surface area contributed by atoms with Gasteiger partial charge in [-0.25, -0.2) is 0 Å². The van der Waals surface area contributed by atoms with Crippen LogP contribution >= 0.6 is 0 Å². The van der Waals surface area contributed by atoms with Crippen LogP contribution in [-0.4, -0.2) is 21.2 Å². The Kier molecular flexibility index (Phi) is 2.61. The summed E-state index contributed by atoms with van der Waals surface area (Å²) in [5, 5.41) is 29.8. The Morgan fingerprint density at radius 2 is 1.53 bits per heavy atom. The van der Waals surface area contributed by atoms with Gasteiger partial charge in [-0.2, -0.15) is 0 Å². The number of phenolic OH excluding ortho intramolecular Hbond substituents is 1. The average Bonchev–Trinajstić information content (AvgIpc) is 2.16. The summed E-state index contributed by atoms with van der Waals surface area (Å²) in [5.41, 5.74) is -2.25. The molecule has 0 heterocycles. The predicted molar refractivity (Wildman–Crippen MR) is 46.8 cm³/mol. The van der Waals surface area contributed by atoms with Gasteiger partial charge in [0.2, 0.25) is 0 Å². The molecule has 8 heteroatoms. The fourth-order valence-electron chi connectivity index (χ4n) is 1.03. The van der Waals surface area contributed by atoms with E-state index in [0.717, 1.165) is 0 Å². The first kappa shape index (κ1) is 10.6. The largest absolute Gasteiger partial charge is 0.507 e. The standard InChI is InChI=1S/C7H4N2O6/c10-3-5-6(8(12)13)1-4(11)2-7(5)9(14)15/h1-3,11H. The van der Waals surface area contributed by atoms with Crippen molar-refractivity contribution < 1.29 is 19.7 Å². The minimum absolute atomic E-state index is 0.00963. The van der Waals surface area contributed by atoms with Crippen molar-refractivity contribution in [3.63, 3.8) is 0 Å². The zero-order chi connectivity index (χ0) is 11.6. The third kappa shape index (κ3) is 1.88. The quantitative estimate of drug-likeness (QED) is 0.453. The summed E-state index contributed by atoms with van der Waals surface area (Å²) < 4.78 is 0. The number of aldehydes is 1. The maximum Gasteiger partial charge on any atom is 0.290 e. The summed E-state index contributed by atoms with van der Waals surface area (Å²) in [6.07, 6.45) is 0.00963. The van der Waals surface area contributed by atoms with Gasteiger partial charge in [0, 0.05) is 0 Å². The molecule has 0 aliphatic heterocycles. The summed E-state index contributed by atoms with van der Waals surface area (Å²) in [5.74, 6) is -0.640. The van der Waals surface area contributed by atoms with Crippen LogP contribution < -0.4 is 0 Å². The number of carbonyl (C=O) groups is 1. The molecule has 0 spiro atoms. The Morgan fingerprint density at radius 1 is 1.13 bits per heavy atom. The Morgan fingerprint density at radius 3 is 1.80 bits per heavy atom. The van der Waals surface area contributed by atoms with E-state index in [1.807, 2.05) is 0 Å². The smallest absolute Gasteiger partial charge is 0.290 e. The number of nitrogens with zero attached hydrogens (tertiary/aromatic N) is 2. The predicted octanol–water partition coefficient (Wildman–Crippen LogP) is 1.02. The van der Waals surface area contributed by atoms with Crippen molar-refractivity contribution >= 4 is 17.7 Å². The van der Waals surface area contributed by atoms with Crippen molar-refractivity contribution in [1.29, 1.82) is 0 Å². The second-order valence-corrected chi connectivity index (χ2v) is 2.53. The Balaban J connectivity index is 3.59. The van der Waals surface area contributed by atoms with Crippen LogP contribution in [0.5, 0.6) is 5.75 Å². The van der Waals surface area contributed by atoms with Crippen molar-refractivity contribution in [2.75, 3.05) is 0 Å². The van der Waals surface area contributed by atoms with E-state index in [1.54, 1.807) is 0 Å². The number of benzene rings is 1. The number of aromatic hydroxyl groups is 1. The molecular formula is C7H4N2O6. The first-order valence-corrected chi connectivity index (χ1v) is 3.58. The van der Waals surface area contributed by atoms with Gasteiger partial charge in [-0.3, -0.25) is 25.0 Å². The van der Waals surface area contributed by atoms with E-state index in [-0.39, 0.29) is 6.29 Å². The second kappa shape index (κ2) is 3.70. The van der Waals surface area contributed by atoms with Crippen LogP contribution in [0.1, 0.15) is 10.4 Å². The van der Waals surface area contributed by atoms with E-state index in [0.29, 0.717) is 12.1 Å². The molecule has 0 unspecified atom stereocenters. The van der Waals surface area contributed by atoms with Crippen molar-refractivity contribution in [3.8, 4) is 5.75 Å². The normalized spacial score (nSPS) is 9.60. The first-order chi connectivity index (χ1) is 6.97. The van der Waals surface area contributed by atoms with Gasteiger partial charge in [-0.1, -0.05) is 0 Å². The number of hydrogen-bond donors (Lipinski definition) is 1. The van der Waals surface area contributed by atoms with E-state index in [1.165, 1.54) is 0 Å². The average molecular weight is 212 g/mol. The van der Waals surface area contributed by atoms with Crippen LogP contribution in [0.25, 0.3) is 0 Å². The monoisotopic (exact) mass is 212 g/mol. The Labute approximate surface area is 82.1 Å². The second-order valence-electron chi connectivity index (χ2n) is 2.53. The molecule has 0 bridgehead atoms. The number of rotatable bonds is 3. The van der Waals surface area contributed by atoms with E-state index in [9.17, 15) is 25.0 Å². The van der Waals surface area contributed by atoms with E-state index >= 15 is 0 Å². The highest BCUT2D eigenvalue weighted by Crippen LogP contribution is 2.31. The van der Waals surface area contributed by atoms with Gasteiger partial charge in [-0.15, -0.1) is 0 Å². The molecular weight excluding hydrogens is 208 g/mol. The number of carbonyl (C=O) groups excluding carboxylic acids is 1. The molecule has 0 atom stereocenters. The lowest BCUT2D eigenvalue weighted by Crippen LogP contribution is -1.99. The van der Waals surface area contributed by atoms with Crippen LogP contribution in [0.3, 0.4) is 0 Å². The van der Waals surface area contributed by atoms with Crippen LogP contribution in [0.4, 0.5) is 11.4 Å². The first-order valence-electron chi connectivity index (χ1n) is 3.58. The Hall–Kier alpha value is -2.51. The van der Waals surface area contributed by atoms with Crippen LogP contribution in [0.2, 0.25) is 0 Å². The number of hydrogen-bond acceptors (Lipinski definition) is 6. The fourth-order valence-corrected chi connectivity index (χ4v) is 1.03. The molecule has 0 aromatic heterocycles. The molecule has 0 aliphatic carbocycles. The SMILES string of the molecule is O=Cc1c([N+](=O)[O-])cc(O)cc1[N+](=O)[O-]. The number of phenols is 1. The van der Waals surface area contributed by atoms with E-state index in [4.69, 9.17) is 5.11 Å².